The molecule has 0 aliphatic carbocycles. The number of rotatable bonds is 8. The second kappa shape index (κ2) is 8.52. The average molecular weight is 284 g/mol. The zero-order chi connectivity index (χ0) is 15.0. The molecule has 1 aromatic rings. The van der Waals surface area contributed by atoms with E-state index in [1.165, 1.54) is 7.11 Å². The highest BCUT2D eigenvalue weighted by Crippen LogP contribution is 2.22. The molecule has 0 aliphatic rings. The molecule has 0 radical (unpaired) electrons. The van der Waals surface area contributed by atoms with Gasteiger partial charge in [0, 0.05) is 7.11 Å². The Labute approximate surface area is 117 Å². The smallest absolute Gasteiger partial charge is 0.308 e. The quantitative estimate of drug-likeness (QED) is 0.539. The van der Waals surface area contributed by atoms with Gasteiger partial charge in [-0.2, -0.15) is 0 Å². The minimum Gasteiger partial charge on any atom is -0.491 e. The number of aliphatic hydroxyl groups excluding tert-OH is 2. The zero-order valence-corrected chi connectivity index (χ0v) is 11.6. The molecule has 0 fully saturated rings. The van der Waals surface area contributed by atoms with Crippen LogP contribution in [0.1, 0.15) is 18.1 Å². The lowest BCUT2D eigenvalue weighted by Gasteiger charge is -2.17. The Kier molecular flexibility index (Phi) is 7.00. The van der Waals surface area contributed by atoms with Crippen molar-refractivity contribution < 1.29 is 29.2 Å². The van der Waals surface area contributed by atoms with Crippen molar-refractivity contribution in [3.8, 4) is 5.75 Å². The predicted molar refractivity (Wildman–Crippen MR) is 71.4 cm³/mol. The van der Waals surface area contributed by atoms with Crippen LogP contribution in [-0.4, -0.2) is 49.7 Å². The molecule has 0 spiro atoms. The fraction of sp³-hybridized carbons (Fsp3) is 0.500. The number of carbonyl (C=O) groups excluding carboxylic acids is 1. The molecule has 0 saturated carbocycles. The summed E-state index contributed by atoms with van der Waals surface area (Å²) in [6, 6.07) is 6.62. The topological polar surface area (TPSA) is 85.2 Å². The van der Waals surface area contributed by atoms with Crippen LogP contribution in [0.3, 0.4) is 0 Å². The van der Waals surface area contributed by atoms with Gasteiger partial charge in [0.05, 0.1) is 26.2 Å². The van der Waals surface area contributed by atoms with Crippen molar-refractivity contribution in [2.45, 2.75) is 18.6 Å². The monoisotopic (exact) mass is 284 g/mol. The second-order valence-electron chi connectivity index (χ2n) is 4.20. The van der Waals surface area contributed by atoms with Gasteiger partial charge in [-0.15, -0.1) is 0 Å². The molecule has 0 aromatic heterocycles. The standard InChI is InChI=1S/C14H20O6/c1-18-7-8-20-11-5-3-10(4-6-11)14(17)12(15)9-13(16)19-2/h3-6,12,14-15,17H,7-9H2,1-2H3. The second-order valence-corrected chi connectivity index (χ2v) is 4.20. The summed E-state index contributed by atoms with van der Waals surface area (Å²) < 4.78 is 14.7. The van der Waals surface area contributed by atoms with Crippen molar-refractivity contribution in [3.63, 3.8) is 0 Å². The number of methoxy groups -OCH3 is 2. The molecule has 2 N–H and O–H groups in total. The van der Waals surface area contributed by atoms with Gasteiger partial charge < -0.3 is 24.4 Å². The molecule has 0 amide bonds. The molecule has 0 heterocycles. The first-order chi connectivity index (χ1) is 9.58. The first kappa shape index (κ1) is 16.4. The van der Waals surface area contributed by atoms with E-state index in [-0.39, 0.29) is 6.42 Å². The first-order valence-electron chi connectivity index (χ1n) is 6.23. The summed E-state index contributed by atoms with van der Waals surface area (Å²) in [5.74, 6) is 0.0662. The Hall–Kier alpha value is -1.63. The Bertz CT molecular complexity index is 403. The zero-order valence-electron chi connectivity index (χ0n) is 11.6. The van der Waals surface area contributed by atoms with Gasteiger partial charge in [0.25, 0.3) is 0 Å². The molecule has 0 aliphatic heterocycles. The SMILES string of the molecule is COCCOc1ccc(C(O)C(O)CC(=O)OC)cc1. The first-order valence-corrected chi connectivity index (χ1v) is 6.23. The van der Waals surface area contributed by atoms with E-state index < -0.39 is 18.2 Å². The summed E-state index contributed by atoms with van der Waals surface area (Å²) in [6.45, 7) is 0.922. The average Bonchev–Trinajstić information content (AvgIpc) is 2.47. The molecule has 2 unspecified atom stereocenters. The van der Waals surface area contributed by atoms with Gasteiger partial charge in [0.2, 0.25) is 0 Å². The van der Waals surface area contributed by atoms with Crippen molar-refractivity contribution >= 4 is 5.97 Å². The van der Waals surface area contributed by atoms with E-state index in [2.05, 4.69) is 4.74 Å². The van der Waals surface area contributed by atoms with E-state index in [9.17, 15) is 15.0 Å². The van der Waals surface area contributed by atoms with Crippen LogP contribution in [-0.2, 0) is 14.3 Å². The van der Waals surface area contributed by atoms with Gasteiger partial charge >= 0.3 is 5.97 Å². The van der Waals surface area contributed by atoms with Gasteiger partial charge in [-0.1, -0.05) is 12.1 Å². The number of aliphatic hydroxyl groups is 2. The molecule has 6 nitrogen and oxygen atoms in total. The molecule has 0 bridgehead atoms. The highest BCUT2D eigenvalue weighted by molar-refractivity contribution is 5.69. The lowest BCUT2D eigenvalue weighted by Crippen LogP contribution is -2.22. The maximum Gasteiger partial charge on any atom is 0.308 e. The van der Waals surface area contributed by atoms with Crippen LogP contribution in [0.5, 0.6) is 5.75 Å². The number of ether oxygens (including phenoxy) is 3. The fourth-order valence-electron chi connectivity index (χ4n) is 1.59. The summed E-state index contributed by atoms with van der Waals surface area (Å²) >= 11 is 0. The molecule has 2 atom stereocenters. The van der Waals surface area contributed by atoms with Crippen LogP contribution >= 0.6 is 0 Å². The minimum atomic E-state index is -1.21. The van der Waals surface area contributed by atoms with E-state index in [0.717, 1.165) is 0 Å². The lowest BCUT2D eigenvalue weighted by molar-refractivity contribution is -0.144. The van der Waals surface area contributed by atoms with Gasteiger partial charge in [0.15, 0.2) is 0 Å². The number of hydrogen-bond donors (Lipinski definition) is 2. The Morgan fingerprint density at radius 2 is 1.80 bits per heavy atom. The van der Waals surface area contributed by atoms with Crippen molar-refractivity contribution in [1.29, 1.82) is 0 Å². The van der Waals surface area contributed by atoms with E-state index in [1.807, 2.05) is 0 Å². The summed E-state index contributed by atoms with van der Waals surface area (Å²) in [7, 11) is 2.82. The maximum absolute atomic E-state index is 11.0. The lowest BCUT2D eigenvalue weighted by atomic mass is 10.0. The molecule has 20 heavy (non-hydrogen) atoms. The summed E-state index contributed by atoms with van der Waals surface area (Å²) in [6.07, 6.45) is -2.62. The van der Waals surface area contributed by atoms with Gasteiger partial charge in [-0.05, 0) is 17.7 Å². The maximum atomic E-state index is 11.0. The molecule has 1 rings (SSSR count). The van der Waals surface area contributed by atoms with Gasteiger partial charge in [-0.25, -0.2) is 0 Å². The van der Waals surface area contributed by atoms with Crippen molar-refractivity contribution in [2.24, 2.45) is 0 Å². The third-order valence-electron chi connectivity index (χ3n) is 2.75. The predicted octanol–water partition coefficient (Wildman–Crippen LogP) is 0.669. The third-order valence-corrected chi connectivity index (χ3v) is 2.75. The van der Waals surface area contributed by atoms with E-state index in [1.54, 1.807) is 31.4 Å². The molecule has 0 saturated heterocycles. The van der Waals surface area contributed by atoms with Gasteiger partial charge in [0.1, 0.15) is 18.5 Å². The van der Waals surface area contributed by atoms with Crippen molar-refractivity contribution in [3.05, 3.63) is 29.8 Å². The largest absolute Gasteiger partial charge is 0.491 e. The normalized spacial score (nSPS) is 13.6. The molecular formula is C14H20O6. The number of hydrogen-bond acceptors (Lipinski definition) is 6. The van der Waals surface area contributed by atoms with Crippen LogP contribution in [0.15, 0.2) is 24.3 Å². The Morgan fingerprint density at radius 1 is 1.15 bits per heavy atom. The van der Waals surface area contributed by atoms with Gasteiger partial charge in [-0.3, -0.25) is 4.79 Å². The van der Waals surface area contributed by atoms with Crippen molar-refractivity contribution in [2.75, 3.05) is 27.4 Å². The Morgan fingerprint density at radius 3 is 2.35 bits per heavy atom. The van der Waals surface area contributed by atoms with E-state index >= 15 is 0 Å². The number of esters is 1. The number of benzene rings is 1. The third kappa shape index (κ3) is 5.16. The van der Waals surface area contributed by atoms with Crippen LogP contribution in [0, 0.1) is 0 Å². The Balaban J connectivity index is 2.56. The fourth-order valence-corrected chi connectivity index (χ4v) is 1.59. The molecular weight excluding hydrogens is 264 g/mol. The highest BCUT2D eigenvalue weighted by Gasteiger charge is 2.21. The summed E-state index contributed by atoms with van der Waals surface area (Å²) in [5.41, 5.74) is 0.500. The summed E-state index contributed by atoms with van der Waals surface area (Å²) in [4.78, 5) is 11.0. The van der Waals surface area contributed by atoms with E-state index in [0.29, 0.717) is 24.5 Å². The summed E-state index contributed by atoms with van der Waals surface area (Å²) in [5, 5.41) is 19.6. The molecule has 112 valence electrons. The minimum absolute atomic E-state index is 0.260. The van der Waals surface area contributed by atoms with Crippen LogP contribution in [0.2, 0.25) is 0 Å². The molecule has 1 aromatic carbocycles. The highest BCUT2D eigenvalue weighted by atomic mass is 16.5. The van der Waals surface area contributed by atoms with Crippen molar-refractivity contribution in [1.82, 2.24) is 0 Å². The van der Waals surface area contributed by atoms with E-state index in [4.69, 9.17) is 9.47 Å². The molecule has 6 heteroatoms. The van der Waals surface area contributed by atoms with Crippen LogP contribution in [0.4, 0.5) is 0 Å². The van der Waals surface area contributed by atoms with Crippen LogP contribution < -0.4 is 4.74 Å². The number of carbonyl (C=O) groups is 1. The van der Waals surface area contributed by atoms with Crippen LogP contribution in [0.25, 0.3) is 0 Å².